The van der Waals surface area contributed by atoms with Gasteiger partial charge in [-0.1, -0.05) is 33.6 Å². The zero-order valence-electron chi connectivity index (χ0n) is 7.41. The van der Waals surface area contributed by atoms with Gasteiger partial charge in [0.15, 0.2) is 4.29 Å². The largest absolute Gasteiger partial charge is 0.478 e. The number of benzene rings is 1. The van der Waals surface area contributed by atoms with Gasteiger partial charge in [0, 0.05) is 5.69 Å². The second-order valence-electron chi connectivity index (χ2n) is 2.68. The van der Waals surface area contributed by atoms with E-state index in [1.54, 1.807) is 6.07 Å². The molecule has 0 bridgehead atoms. The van der Waals surface area contributed by atoms with Crippen LogP contribution in [0.5, 0.6) is 0 Å². The first-order valence-electron chi connectivity index (χ1n) is 3.93. The second kappa shape index (κ2) is 5.14. The third kappa shape index (κ3) is 3.53. The Balaban J connectivity index is 2.83. The average Bonchev–Trinajstić information content (AvgIpc) is 2.18. The van der Waals surface area contributed by atoms with E-state index < -0.39 is 16.2 Å². The highest BCUT2D eigenvalue weighted by Crippen LogP contribution is 2.13. The fraction of sp³-hybridized carbons (Fsp3) is 0.111. The zero-order chi connectivity index (χ0) is 11.4. The molecule has 6 heteroatoms. The Hall–Kier alpha value is -1.07. The van der Waals surface area contributed by atoms with Crippen LogP contribution >= 0.6 is 27.5 Å². The third-order valence-electron chi connectivity index (χ3n) is 1.58. The number of carboxylic acids is 1. The molecular formula is C9H7BrClNO3. The van der Waals surface area contributed by atoms with Crippen LogP contribution in [0.4, 0.5) is 5.69 Å². The number of carboxylic acid groups (broad SMARTS) is 1. The first-order valence-corrected chi connectivity index (χ1v) is 5.28. The Morgan fingerprint density at radius 1 is 1.47 bits per heavy atom. The molecular weight excluding hydrogens is 285 g/mol. The molecule has 0 spiro atoms. The lowest BCUT2D eigenvalue weighted by Crippen LogP contribution is -2.18. The normalized spacial score (nSPS) is 11.9. The lowest BCUT2D eigenvalue weighted by Gasteiger charge is -2.05. The van der Waals surface area contributed by atoms with Crippen molar-refractivity contribution in [3.8, 4) is 0 Å². The van der Waals surface area contributed by atoms with E-state index in [0.29, 0.717) is 5.69 Å². The molecule has 1 aromatic rings. The summed E-state index contributed by atoms with van der Waals surface area (Å²) in [5.74, 6) is -1.49. The van der Waals surface area contributed by atoms with Crippen LogP contribution in [0.25, 0.3) is 0 Å². The van der Waals surface area contributed by atoms with Gasteiger partial charge in [0.1, 0.15) is 0 Å². The number of rotatable bonds is 3. The molecule has 15 heavy (non-hydrogen) atoms. The number of carbonyl (C=O) groups excluding carboxylic acids is 1. The van der Waals surface area contributed by atoms with Gasteiger partial charge >= 0.3 is 5.97 Å². The molecule has 0 aliphatic heterocycles. The maximum absolute atomic E-state index is 11.2. The van der Waals surface area contributed by atoms with Crippen LogP contribution in [-0.2, 0) is 4.79 Å². The van der Waals surface area contributed by atoms with Crippen molar-refractivity contribution >= 4 is 45.1 Å². The quantitative estimate of drug-likeness (QED) is 0.840. The summed E-state index contributed by atoms with van der Waals surface area (Å²) in [6, 6.07) is 5.91. The summed E-state index contributed by atoms with van der Waals surface area (Å²) in [6.45, 7) is 0. The number of aromatic carboxylic acids is 1. The minimum atomic E-state index is -1.05. The van der Waals surface area contributed by atoms with Crippen molar-refractivity contribution in [2.24, 2.45) is 0 Å². The zero-order valence-corrected chi connectivity index (χ0v) is 9.75. The summed E-state index contributed by atoms with van der Waals surface area (Å²) < 4.78 is -0.842. The van der Waals surface area contributed by atoms with Crippen molar-refractivity contribution < 1.29 is 14.7 Å². The first kappa shape index (κ1) is 12.0. The number of nitrogens with one attached hydrogen (secondary N) is 1. The van der Waals surface area contributed by atoms with E-state index in [1.807, 2.05) is 0 Å². The van der Waals surface area contributed by atoms with Crippen molar-refractivity contribution in [2.75, 3.05) is 5.32 Å². The summed E-state index contributed by atoms with van der Waals surface area (Å²) in [4.78, 5) is 21.8. The lowest BCUT2D eigenvalue weighted by molar-refractivity contribution is -0.114. The molecule has 4 nitrogen and oxygen atoms in total. The van der Waals surface area contributed by atoms with E-state index >= 15 is 0 Å². The van der Waals surface area contributed by atoms with Crippen molar-refractivity contribution in [3.63, 3.8) is 0 Å². The van der Waals surface area contributed by atoms with Crippen LogP contribution in [0.1, 0.15) is 10.4 Å². The van der Waals surface area contributed by atoms with Crippen LogP contribution in [0.3, 0.4) is 0 Å². The number of amides is 1. The molecule has 1 rings (SSSR count). The molecule has 2 N–H and O–H groups in total. The summed E-state index contributed by atoms with van der Waals surface area (Å²) in [6.07, 6.45) is 0. The van der Waals surface area contributed by atoms with Gasteiger partial charge in [0.05, 0.1) is 5.56 Å². The molecule has 0 fully saturated rings. The molecule has 1 aromatic carbocycles. The highest BCUT2D eigenvalue weighted by molar-refractivity contribution is 9.10. The molecule has 0 aliphatic carbocycles. The SMILES string of the molecule is O=C(O)c1cccc(NC(=O)C(Cl)Br)c1. The molecule has 0 aliphatic rings. The van der Waals surface area contributed by atoms with Crippen LogP contribution in [0.2, 0.25) is 0 Å². The van der Waals surface area contributed by atoms with E-state index in [-0.39, 0.29) is 5.56 Å². The van der Waals surface area contributed by atoms with Crippen LogP contribution in [0, 0.1) is 0 Å². The van der Waals surface area contributed by atoms with Crippen molar-refractivity contribution in [3.05, 3.63) is 29.8 Å². The average molecular weight is 293 g/mol. The van der Waals surface area contributed by atoms with Crippen molar-refractivity contribution in [2.45, 2.75) is 4.29 Å². The minimum absolute atomic E-state index is 0.105. The predicted octanol–water partition coefficient (Wildman–Crippen LogP) is 2.28. The van der Waals surface area contributed by atoms with Crippen LogP contribution in [0.15, 0.2) is 24.3 Å². The molecule has 80 valence electrons. The van der Waals surface area contributed by atoms with Gasteiger partial charge in [-0.15, -0.1) is 0 Å². The second-order valence-corrected chi connectivity index (χ2v) is 4.56. The smallest absolute Gasteiger partial charge is 0.335 e. The van der Waals surface area contributed by atoms with Gasteiger partial charge in [-0.3, -0.25) is 4.79 Å². The van der Waals surface area contributed by atoms with E-state index in [4.69, 9.17) is 16.7 Å². The van der Waals surface area contributed by atoms with Gasteiger partial charge in [0.25, 0.3) is 5.91 Å². The highest BCUT2D eigenvalue weighted by atomic mass is 79.9. The Bertz CT molecular complexity index is 395. The fourth-order valence-corrected chi connectivity index (χ4v) is 1.10. The van der Waals surface area contributed by atoms with E-state index in [2.05, 4.69) is 21.2 Å². The van der Waals surface area contributed by atoms with Crippen molar-refractivity contribution in [1.82, 2.24) is 0 Å². The van der Waals surface area contributed by atoms with Crippen LogP contribution in [-0.4, -0.2) is 21.3 Å². The van der Waals surface area contributed by atoms with Gasteiger partial charge in [-0.25, -0.2) is 4.79 Å². The molecule has 0 saturated carbocycles. The minimum Gasteiger partial charge on any atom is -0.478 e. The summed E-state index contributed by atoms with van der Waals surface area (Å²) in [7, 11) is 0. The molecule has 0 aromatic heterocycles. The molecule has 0 radical (unpaired) electrons. The third-order valence-corrected chi connectivity index (χ3v) is 2.19. The monoisotopic (exact) mass is 291 g/mol. The van der Waals surface area contributed by atoms with E-state index in [9.17, 15) is 9.59 Å². The van der Waals surface area contributed by atoms with Crippen LogP contribution < -0.4 is 5.32 Å². The molecule has 0 heterocycles. The van der Waals surface area contributed by atoms with Crippen molar-refractivity contribution in [1.29, 1.82) is 0 Å². The highest BCUT2D eigenvalue weighted by Gasteiger charge is 2.11. The van der Waals surface area contributed by atoms with Gasteiger partial charge < -0.3 is 10.4 Å². The number of halogens is 2. The Kier molecular flexibility index (Phi) is 4.11. The molecule has 1 unspecified atom stereocenters. The standard InChI is InChI=1S/C9H7BrClNO3/c10-7(11)8(13)12-6-3-1-2-5(4-6)9(14)15/h1-4,7H,(H,12,13)(H,14,15). The number of alkyl halides is 2. The number of hydrogen-bond acceptors (Lipinski definition) is 2. The number of carbonyl (C=O) groups is 2. The topological polar surface area (TPSA) is 66.4 Å². The van der Waals surface area contributed by atoms with Gasteiger partial charge in [-0.2, -0.15) is 0 Å². The summed E-state index contributed by atoms with van der Waals surface area (Å²) in [5, 5.41) is 11.2. The number of anilines is 1. The fourth-order valence-electron chi connectivity index (χ4n) is 0.927. The maximum atomic E-state index is 11.2. The Morgan fingerprint density at radius 3 is 2.67 bits per heavy atom. The molecule has 1 atom stereocenters. The predicted molar refractivity (Wildman–Crippen MR) is 60.6 cm³/mol. The molecule has 1 amide bonds. The van der Waals surface area contributed by atoms with Gasteiger partial charge in [-0.05, 0) is 18.2 Å². The Labute approximate surface area is 99.4 Å². The van der Waals surface area contributed by atoms with Gasteiger partial charge in [0.2, 0.25) is 0 Å². The number of hydrogen-bond donors (Lipinski definition) is 2. The lowest BCUT2D eigenvalue weighted by atomic mass is 10.2. The maximum Gasteiger partial charge on any atom is 0.335 e. The summed E-state index contributed by atoms with van der Waals surface area (Å²) in [5.41, 5.74) is 0.499. The first-order chi connectivity index (χ1) is 7.00. The Morgan fingerprint density at radius 2 is 2.13 bits per heavy atom. The van der Waals surface area contributed by atoms with E-state index in [0.717, 1.165) is 0 Å². The van der Waals surface area contributed by atoms with E-state index in [1.165, 1.54) is 18.2 Å². The molecule has 0 saturated heterocycles. The summed E-state index contributed by atoms with van der Waals surface area (Å²) >= 11 is 8.35.